The maximum Gasteiger partial charge on any atom is 0.339 e. The molecule has 1 aromatic rings. The third-order valence-electron chi connectivity index (χ3n) is 4.65. The number of carbonyl (C=O) groups is 2. The second-order valence-corrected chi connectivity index (χ2v) is 10.9. The van der Waals surface area contributed by atoms with Crippen LogP contribution in [0.2, 0.25) is 0 Å². The van der Waals surface area contributed by atoms with Gasteiger partial charge in [0.1, 0.15) is 20.1 Å². The molecule has 0 aliphatic heterocycles. The summed E-state index contributed by atoms with van der Waals surface area (Å²) in [5.41, 5.74) is -0.0269. The minimum atomic E-state index is -1.12. The molecule has 168 valence electrons. The van der Waals surface area contributed by atoms with E-state index in [2.05, 4.69) is 6.92 Å². The van der Waals surface area contributed by atoms with Gasteiger partial charge in [-0.15, -0.1) is 11.8 Å². The number of thiocarbonyl (C=S) groups is 1. The summed E-state index contributed by atoms with van der Waals surface area (Å²) in [6.45, 7) is 3.97. The summed E-state index contributed by atoms with van der Waals surface area (Å²) in [6.07, 6.45) is 13.1. The maximum absolute atomic E-state index is 12.3. The minimum absolute atomic E-state index is 0.0269. The highest BCUT2D eigenvalue weighted by Crippen LogP contribution is 2.26. The summed E-state index contributed by atoms with van der Waals surface area (Å²) >= 11 is 8.28. The number of carboxylic acid groups (broad SMARTS) is 1. The number of para-hydroxylation sites is 1. The molecule has 0 radical (unpaired) electrons. The van der Waals surface area contributed by atoms with E-state index in [1.54, 1.807) is 30.8 Å². The van der Waals surface area contributed by atoms with Crippen molar-refractivity contribution in [2.24, 2.45) is 0 Å². The third-order valence-corrected chi connectivity index (χ3v) is 7.40. The van der Waals surface area contributed by atoms with Crippen molar-refractivity contribution in [3.8, 4) is 5.75 Å². The van der Waals surface area contributed by atoms with Gasteiger partial charge < -0.3 is 9.84 Å². The van der Waals surface area contributed by atoms with Gasteiger partial charge in [0.25, 0.3) is 0 Å². The number of carbonyl (C=O) groups excluding carboxylic acids is 1. The van der Waals surface area contributed by atoms with Crippen LogP contribution in [0.25, 0.3) is 0 Å². The van der Waals surface area contributed by atoms with Crippen molar-refractivity contribution >= 4 is 51.2 Å². The zero-order chi connectivity index (χ0) is 22.2. The Morgan fingerprint density at radius 2 is 1.57 bits per heavy atom. The molecule has 0 aromatic heterocycles. The fourth-order valence-corrected chi connectivity index (χ4v) is 5.48. The Morgan fingerprint density at radius 3 is 2.17 bits per heavy atom. The molecule has 0 aliphatic carbocycles. The monoisotopic (exact) mass is 470 g/mol. The van der Waals surface area contributed by atoms with E-state index in [-0.39, 0.29) is 11.3 Å². The lowest BCUT2D eigenvalue weighted by molar-refractivity contribution is -0.133. The molecule has 0 saturated carbocycles. The number of benzene rings is 1. The second-order valence-electron chi connectivity index (χ2n) is 7.26. The molecule has 0 heterocycles. The standard InChI is InChI=1S/C23H34O4S3/c1-3-4-5-6-7-8-9-10-11-14-17-29-23(28)30-18(2)22(26)27-20-16-13-12-15-19(20)21(24)25/h12-13,15-16,18H,3-11,14,17H2,1-2H3,(H,24,25). The van der Waals surface area contributed by atoms with E-state index in [4.69, 9.17) is 17.0 Å². The van der Waals surface area contributed by atoms with Crippen LogP contribution in [0.1, 0.15) is 88.4 Å². The summed E-state index contributed by atoms with van der Waals surface area (Å²) in [5, 5.41) is 8.69. The highest BCUT2D eigenvalue weighted by molar-refractivity contribution is 8.47. The Kier molecular flexibility index (Phi) is 14.9. The average Bonchev–Trinajstić information content (AvgIpc) is 2.72. The molecule has 1 aromatic carbocycles. The molecule has 1 unspecified atom stereocenters. The van der Waals surface area contributed by atoms with Gasteiger partial charge in [0.05, 0.1) is 0 Å². The first kappa shape index (κ1) is 27.0. The first-order valence-corrected chi connectivity index (χ1v) is 13.1. The second kappa shape index (κ2) is 16.6. The Labute approximate surface area is 194 Å². The highest BCUT2D eigenvalue weighted by atomic mass is 32.2. The molecule has 30 heavy (non-hydrogen) atoms. The van der Waals surface area contributed by atoms with Crippen LogP contribution in [0.5, 0.6) is 5.75 Å². The van der Waals surface area contributed by atoms with Gasteiger partial charge in [0, 0.05) is 0 Å². The number of ether oxygens (including phenoxy) is 1. The van der Waals surface area contributed by atoms with Crippen LogP contribution in [0.4, 0.5) is 0 Å². The van der Waals surface area contributed by atoms with Gasteiger partial charge in [0.15, 0.2) is 0 Å². The lowest BCUT2D eigenvalue weighted by Crippen LogP contribution is -2.22. The van der Waals surface area contributed by atoms with Crippen molar-refractivity contribution in [1.29, 1.82) is 0 Å². The number of hydrogen-bond acceptors (Lipinski definition) is 6. The number of hydrogen-bond donors (Lipinski definition) is 1. The van der Waals surface area contributed by atoms with E-state index >= 15 is 0 Å². The number of esters is 1. The van der Waals surface area contributed by atoms with Gasteiger partial charge in [-0.2, -0.15) is 0 Å². The Morgan fingerprint density at radius 1 is 1.00 bits per heavy atom. The van der Waals surface area contributed by atoms with E-state index < -0.39 is 17.2 Å². The molecule has 0 spiro atoms. The molecule has 1 atom stereocenters. The highest BCUT2D eigenvalue weighted by Gasteiger charge is 2.21. The van der Waals surface area contributed by atoms with Gasteiger partial charge >= 0.3 is 11.9 Å². The van der Waals surface area contributed by atoms with Crippen molar-refractivity contribution in [3.05, 3.63) is 29.8 Å². The van der Waals surface area contributed by atoms with Crippen molar-refractivity contribution in [2.75, 3.05) is 5.75 Å². The van der Waals surface area contributed by atoms with Gasteiger partial charge in [-0.1, -0.05) is 101 Å². The lowest BCUT2D eigenvalue weighted by Gasteiger charge is -2.12. The van der Waals surface area contributed by atoms with E-state index in [0.717, 1.165) is 15.7 Å². The fraction of sp³-hybridized carbons (Fsp3) is 0.609. The molecule has 1 rings (SSSR count). The first-order chi connectivity index (χ1) is 14.5. The summed E-state index contributed by atoms with van der Waals surface area (Å²) < 4.78 is 6.00. The van der Waals surface area contributed by atoms with E-state index in [9.17, 15) is 14.7 Å². The third kappa shape index (κ3) is 12.0. The van der Waals surface area contributed by atoms with Crippen molar-refractivity contribution < 1.29 is 19.4 Å². The number of carboxylic acids is 1. The van der Waals surface area contributed by atoms with Gasteiger partial charge in [0.2, 0.25) is 0 Å². The van der Waals surface area contributed by atoms with Gasteiger partial charge in [-0.05, 0) is 31.2 Å². The van der Waals surface area contributed by atoms with Crippen LogP contribution in [0.15, 0.2) is 24.3 Å². The molecule has 1 N–H and O–H groups in total. The Bertz CT molecular complexity index is 664. The summed E-state index contributed by atoms with van der Waals surface area (Å²) in [7, 11) is 0. The minimum Gasteiger partial charge on any atom is -0.478 e. The molecule has 0 fully saturated rings. The Balaban J connectivity index is 2.15. The Hall–Kier alpha value is -1.05. The van der Waals surface area contributed by atoms with Crippen molar-refractivity contribution in [3.63, 3.8) is 0 Å². The normalized spacial score (nSPS) is 11.8. The zero-order valence-electron chi connectivity index (χ0n) is 18.1. The number of thioether (sulfide) groups is 2. The smallest absolute Gasteiger partial charge is 0.339 e. The quantitative estimate of drug-likeness (QED) is 0.124. The van der Waals surface area contributed by atoms with Crippen molar-refractivity contribution in [1.82, 2.24) is 0 Å². The number of unbranched alkanes of at least 4 members (excludes halogenated alkanes) is 9. The van der Waals surface area contributed by atoms with Crippen LogP contribution in [0, 0.1) is 0 Å². The van der Waals surface area contributed by atoms with E-state index in [1.807, 2.05) is 0 Å². The lowest BCUT2D eigenvalue weighted by atomic mass is 10.1. The van der Waals surface area contributed by atoms with Crippen LogP contribution in [-0.4, -0.2) is 31.6 Å². The largest absolute Gasteiger partial charge is 0.478 e. The summed E-state index contributed by atoms with van der Waals surface area (Å²) in [5.74, 6) is -0.588. The predicted octanol–water partition coefficient (Wildman–Crippen LogP) is 7.35. The average molecular weight is 471 g/mol. The molecular weight excluding hydrogens is 436 g/mol. The molecular formula is C23H34O4S3. The van der Waals surface area contributed by atoms with Crippen LogP contribution >= 0.6 is 35.7 Å². The van der Waals surface area contributed by atoms with Crippen molar-refractivity contribution in [2.45, 2.75) is 83.3 Å². The predicted molar refractivity (Wildman–Crippen MR) is 133 cm³/mol. The van der Waals surface area contributed by atoms with Crippen LogP contribution in [-0.2, 0) is 4.79 Å². The molecule has 0 bridgehead atoms. The van der Waals surface area contributed by atoms with E-state index in [1.165, 1.54) is 81.7 Å². The molecule has 7 heteroatoms. The van der Waals surface area contributed by atoms with Crippen LogP contribution in [0.3, 0.4) is 0 Å². The van der Waals surface area contributed by atoms with E-state index in [0.29, 0.717) is 0 Å². The molecule has 0 aliphatic rings. The van der Waals surface area contributed by atoms with Crippen LogP contribution < -0.4 is 4.74 Å². The SMILES string of the molecule is CCCCCCCCCCCCSC(=S)SC(C)C(=O)Oc1ccccc1C(=O)O. The molecule has 0 saturated heterocycles. The topological polar surface area (TPSA) is 63.6 Å². The first-order valence-electron chi connectivity index (χ1n) is 10.8. The number of aromatic carboxylic acids is 1. The maximum atomic E-state index is 12.3. The zero-order valence-corrected chi connectivity index (χ0v) is 20.5. The molecule has 0 amide bonds. The number of rotatable bonds is 15. The van der Waals surface area contributed by atoms with Gasteiger partial charge in [-0.25, -0.2) is 4.79 Å². The molecule has 4 nitrogen and oxygen atoms in total. The summed E-state index contributed by atoms with van der Waals surface area (Å²) in [6, 6.07) is 6.13. The van der Waals surface area contributed by atoms with Gasteiger partial charge in [-0.3, -0.25) is 4.79 Å². The summed E-state index contributed by atoms with van der Waals surface area (Å²) in [4.78, 5) is 23.5. The fourth-order valence-electron chi connectivity index (χ4n) is 2.90.